The smallest absolute Gasteiger partial charge is 0.360 e. The zero-order valence-electron chi connectivity index (χ0n) is 9.94. The van der Waals surface area contributed by atoms with E-state index in [1.54, 1.807) is 19.1 Å². The molecule has 0 aliphatic carbocycles. The van der Waals surface area contributed by atoms with Crippen molar-refractivity contribution in [3.05, 3.63) is 40.4 Å². The third-order valence-corrected chi connectivity index (χ3v) is 2.80. The summed E-state index contributed by atoms with van der Waals surface area (Å²) in [5.41, 5.74) is 0.514. The van der Waals surface area contributed by atoms with Crippen molar-refractivity contribution < 1.29 is 18.3 Å². The van der Waals surface area contributed by atoms with Crippen LogP contribution < -0.4 is 5.32 Å². The molecule has 0 saturated carbocycles. The monoisotopic (exact) mass is 328 g/mol. The number of esters is 1. The fraction of sp³-hybridized carbons (Fsp3) is 0.167. The first-order chi connectivity index (χ1) is 9.10. The van der Waals surface area contributed by atoms with Gasteiger partial charge in [-0.2, -0.15) is 4.98 Å². The maximum atomic E-state index is 13.3. The minimum Gasteiger partial charge on any atom is -0.461 e. The third kappa shape index (κ3) is 3.31. The molecule has 0 radical (unpaired) electrons. The molecule has 0 aliphatic heterocycles. The minimum absolute atomic E-state index is 0.0573. The van der Waals surface area contributed by atoms with E-state index in [1.165, 1.54) is 12.3 Å². The van der Waals surface area contributed by atoms with Crippen molar-refractivity contribution in [3.63, 3.8) is 0 Å². The minimum atomic E-state index is -0.568. The number of anilines is 2. The van der Waals surface area contributed by atoms with Gasteiger partial charge in [0.1, 0.15) is 12.1 Å². The molecule has 5 nitrogen and oxygen atoms in total. The lowest BCUT2D eigenvalue weighted by atomic mass is 10.3. The number of carbonyl (C=O) groups is 1. The number of hydrogen-bond acceptors (Lipinski definition) is 5. The van der Waals surface area contributed by atoms with Crippen LogP contribution in [0.1, 0.15) is 17.4 Å². The lowest BCUT2D eigenvalue weighted by Gasteiger charge is -2.02. The van der Waals surface area contributed by atoms with Gasteiger partial charge >= 0.3 is 5.97 Å². The largest absolute Gasteiger partial charge is 0.461 e. The predicted molar refractivity (Wildman–Crippen MR) is 69.8 cm³/mol. The van der Waals surface area contributed by atoms with Crippen LogP contribution in [0, 0.1) is 5.82 Å². The Balaban J connectivity index is 2.11. The van der Waals surface area contributed by atoms with Crippen molar-refractivity contribution in [2.75, 3.05) is 11.9 Å². The lowest BCUT2D eigenvalue weighted by molar-refractivity contribution is 0.0519. The molecule has 19 heavy (non-hydrogen) atoms. The number of nitrogens with zero attached hydrogens (tertiary/aromatic N) is 1. The van der Waals surface area contributed by atoms with Crippen LogP contribution in [-0.4, -0.2) is 17.6 Å². The molecule has 1 aromatic carbocycles. The van der Waals surface area contributed by atoms with Crippen LogP contribution in [0.15, 0.2) is 33.4 Å². The average Bonchev–Trinajstić information content (AvgIpc) is 2.83. The maximum absolute atomic E-state index is 13.3. The molecular weight excluding hydrogens is 319 g/mol. The Morgan fingerprint density at radius 2 is 2.37 bits per heavy atom. The van der Waals surface area contributed by atoms with Gasteiger partial charge in [-0.3, -0.25) is 0 Å². The number of rotatable bonds is 4. The second-order valence-corrected chi connectivity index (χ2v) is 4.37. The highest BCUT2D eigenvalue weighted by Crippen LogP contribution is 2.22. The molecule has 1 aromatic heterocycles. The quantitative estimate of drug-likeness (QED) is 0.870. The first-order valence-electron chi connectivity index (χ1n) is 5.45. The van der Waals surface area contributed by atoms with E-state index in [0.717, 1.165) is 0 Å². The van der Waals surface area contributed by atoms with E-state index in [0.29, 0.717) is 10.2 Å². The Labute approximate surface area is 116 Å². The van der Waals surface area contributed by atoms with E-state index < -0.39 is 11.8 Å². The van der Waals surface area contributed by atoms with E-state index in [4.69, 9.17) is 9.15 Å². The van der Waals surface area contributed by atoms with Crippen molar-refractivity contribution in [3.8, 4) is 0 Å². The number of carbonyl (C=O) groups excluding carboxylic acids is 1. The van der Waals surface area contributed by atoms with E-state index in [9.17, 15) is 9.18 Å². The highest BCUT2D eigenvalue weighted by atomic mass is 79.9. The van der Waals surface area contributed by atoms with Gasteiger partial charge in [0.25, 0.3) is 6.01 Å². The maximum Gasteiger partial charge on any atom is 0.360 e. The number of hydrogen-bond donors (Lipinski definition) is 1. The van der Waals surface area contributed by atoms with Gasteiger partial charge in [0.05, 0.1) is 11.1 Å². The molecule has 0 bridgehead atoms. The number of aromatic nitrogens is 1. The second-order valence-electron chi connectivity index (χ2n) is 3.51. The van der Waals surface area contributed by atoms with Crippen molar-refractivity contribution in [2.45, 2.75) is 6.92 Å². The van der Waals surface area contributed by atoms with Crippen LogP contribution in [-0.2, 0) is 4.74 Å². The van der Waals surface area contributed by atoms with Crippen LogP contribution in [0.4, 0.5) is 16.1 Å². The zero-order chi connectivity index (χ0) is 13.8. The summed E-state index contributed by atoms with van der Waals surface area (Å²) in [4.78, 5) is 15.3. The summed E-state index contributed by atoms with van der Waals surface area (Å²) >= 11 is 3.05. The molecule has 100 valence electrons. The summed E-state index contributed by atoms with van der Waals surface area (Å²) in [6.45, 7) is 1.95. The molecule has 0 spiro atoms. The van der Waals surface area contributed by atoms with Gasteiger partial charge in [-0.05, 0) is 41.1 Å². The first-order valence-corrected chi connectivity index (χ1v) is 6.24. The molecule has 1 heterocycles. The van der Waals surface area contributed by atoms with Crippen LogP contribution >= 0.6 is 15.9 Å². The fourth-order valence-electron chi connectivity index (χ4n) is 1.33. The van der Waals surface area contributed by atoms with Crippen LogP contribution in [0.3, 0.4) is 0 Å². The summed E-state index contributed by atoms with van der Waals surface area (Å²) < 4.78 is 23.5. The summed E-state index contributed by atoms with van der Waals surface area (Å²) in [5.74, 6) is -0.983. The van der Waals surface area contributed by atoms with Crippen LogP contribution in [0.25, 0.3) is 0 Å². The van der Waals surface area contributed by atoms with E-state index in [1.807, 2.05) is 0 Å². The molecule has 0 atom stereocenters. The van der Waals surface area contributed by atoms with Crippen LogP contribution in [0.2, 0.25) is 0 Å². The first kappa shape index (κ1) is 13.5. The molecular formula is C12H10BrFN2O3. The van der Waals surface area contributed by atoms with Gasteiger partial charge in [-0.1, -0.05) is 0 Å². The average molecular weight is 329 g/mol. The Bertz CT molecular complexity index is 600. The van der Waals surface area contributed by atoms with Crippen molar-refractivity contribution >= 4 is 33.6 Å². The number of ether oxygens (including phenoxy) is 1. The Kier molecular flexibility index (Phi) is 4.16. The van der Waals surface area contributed by atoms with Gasteiger partial charge in [0, 0.05) is 5.69 Å². The van der Waals surface area contributed by atoms with Gasteiger partial charge < -0.3 is 14.5 Å². The molecule has 7 heteroatoms. The normalized spacial score (nSPS) is 10.3. The number of nitrogens with one attached hydrogen (secondary N) is 1. The van der Waals surface area contributed by atoms with E-state index in [-0.39, 0.29) is 18.3 Å². The molecule has 0 amide bonds. The Morgan fingerprint density at radius 1 is 1.58 bits per heavy atom. The van der Waals surface area contributed by atoms with E-state index in [2.05, 4.69) is 26.2 Å². The van der Waals surface area contributed by atoms with Gasteiger partial charge in [-0.25, -0.2) is 9.18 Å². The van der Waals surface area contributed by atoms with Crippen molar-refractivity contribution in [1.29, 1.82) is 0 Å². The highest BCUT2D eigenvalue weighted by molar-refractivity contribution is 9.10. The zero-order valence-corrected chi connectivity index (χ0v) is 11.5. The molecule has 0 fully saturated rings. The highest BCUT2D eigenvalue weighted by Gasteiger charge is 2.13. The van der Waals surface area contributed by atoms with Gasteiger partial charge in [-0.15, -0.1) is 0 Å². The predicted octanol–water partition coefficient (Wildman–Crippen LogP) is 3.50. The molecule has 0 aliphatic rings. The van der Waals surface area contributed by atoms with Crippen molar-refractivity contribution in [1.82, 2.24) is 4.98 Å². The summed E-state index contributed by atoms with van der Waals surface area (Å²) in [6, 6.07) is 4.55. The Hall–Kier alpha value is -1.89. The van der Waals surface area contributed by atoms with E-state index >= 15 is 0 Å². The second kappa shape index (κ2) is 5.83. The standard InChI is InChI=1S/C12H10BrFN2O3/c1-2-18-11(17)10-6-19-12(16-10)15-7-3-4-8(13)9(14)5-7/h3-6H,2H2,1H3,(H,15,16). The molecule has 0 saturated heterocycles. The van der Waals surface area contributed by atoms with Gasteiger partial charge in [0.2, 0.25) is 0 Å². The summed E-state index contributed by atoms with van der Waals surface area (Å²) in [7, 11) is 0. The fourth-order valence-corrected chi connectivity index (χ4v) is 1.57. The lowest BCUT2D eigenvalue weighted by Crippen LogP contribution is -2.05. The summed E-state index contributed by atoms with van der Waals surface area (Å²) in [6.07, 6.45) is 1.18. The summed E-state index contributed by atoms with van der Waals surface area (Å²) in [5, 5.41) is 2.74. The molecule has 1 N–H and O–H groups in total. The van der Waals surface area contributed by atoms with Crippen molar-refractivity contribution in [2.24, 2.45) is 0 Å². The van der Waals surface area contributed by atoms with Crippen LogP contribution in [0.5, 0.6) is 0 Å². The topological polar surface area (TPSA) is 64.4 Å². The molecule has 0 unspecified atom stereocenters. The SMILES string of the molecule is CCOC(=O)c1coc(Nc2ccc(Br)c(F)c2)n1. The third-order valence-electron chi connectivity index (χ3n) is 2.16. The Morgan fingerprint density at radius 3 is 3.05 bits per heavy atom. The molecule has 2 aromatic rings. The number of benzene rings is 1. The molecule has 2 rings (SSSR count). The number of halogens is 2. The number of oxazole rings is 1. The van der Waals surface area contributed by atoms with Gasteiger partial charge in [0.15, 0.2) is 5.69 Å².